The summed E-state index contributed by atoms with van der Waals surface area (Å²) in [6.07, 6.45) is 0. The van der Waals surface area contributed by atoms with Crippen LogP contribution in [0, 0.1) is 6.92 Å². The molecule has 10 heteroatoms. The van der Waals surface area contributed by atoms with Crippen LogP contribution in [0.25, 0.3) is 0 Å². The minimum Gasteiger partial charge on any atom is -0.495 e. The van der Waals surface area contributed by atoms with Crippen molar-refractivity contribution in [3.8, 4) is 5.75 Å². The number of carbonyl (C=O) groups is 2. The first kappa shape index (κ1) is 22.9. The molecule has 0 aliphatic carbocycles. The van der Waals surface area contributed by atoms with Gasteiger partial charge in [-0.3, -0.25) is 9.59 Å². The van der Waals surface area contributed by atoms with Crippen molar-refractivity contribution in [3.05, 3.63) is 52.0 Å². The number of halogens is 1. The van der Waals surface area contributed by atoms with Crippen LogP contribution in [0.2, 0.25) is 0 Å². The Morgan fingerprint density at radius 1 is 1.17 bits per heavy atom. The predicted octanol–water partition coefficient (Wildman–Crippen LogP) is 2.38. The smallest absolute Gasteiger partial charge is 0.254 e. The zero-order valence-electron chi connectivity index (χ0n) is 16.4. The van der Waals surface area contributed by atoms with Crippen molar-refractivity contribution in [3.63, 3.8) is 0 Å². The lowest BCUT2D eigenvalue weighted by Gasteiger charge is -2.18. The highest BCUT2D eigenvalue weighted by molar-refractivity contribution is 9.10. The molecule has 0 aromatic heterocycles. The van der Waals surface area contributed by atoms with E-state index in [0.717, 1.165) is 10.0 Å². The summed E-state index contributed by atoms with van der Waals surface area (Å²) in [6.45, 7) is 1.66. The topological polar surface area (TPSA) is 105 Å². The largest absolute Gasteiger partial charge is 0.495 e. The molecule has 0 unspecified atom stereocenters. The van der Waals surface area contributed by atoms with E-state index in [9.17, 15) is 18.0 Å². The molecule has 0 fully saturated rings. The first-order valence-corrected chi connectivity index (χ1v) is 10.8. The third-order valence-electron chi connectivity index (χ3n) is 4.16. The lowest BCUT2D eigenvalue weighted by Crippen LogP contribution is -2.35. The number of nitrogens with one attached hydrogen (secondary N) is 2. The molecule has 0 saturated carbocycles. The number of hydrogen-bond donors (Lipinski definition) is 2. The highest BCUT2D eigenvalue weighted by Crippen LogP contribution is 2.25. The molecular formula is C19H22BrN3O5S. The first-order chi connectivity index (χ1) is 13.6. The van der Waals surface area contributed by atoms with Crippen molar-refractivity contribution in [1.82, 2.24) is 9.62 Å². The fourth-order valence-electron chi connectivity index (χ4n) is 2.59. The van der Waals surface area contributed by atoms with Gasteiger partial charge in [0.05, 0.1) is 13.7 Å². The number of sulfonamides is 1. The molecule has 2 aromatic carbocycles. The number of likely N-dealkylation sites (N-methyl/N-ethyl adjacent to an activating group) is 1. The van der Waals surface area contributed by atoms with Gasteiger partial charge in [0, 0.05) is 22.8 Å². The van der Waals surface area contributed by atoms with Gasteiger partial charge in [-0.1, -0.05) is 15.9 Å². The van der Waals surface area contributed by atoms with Crippen molar-refractivity contribution in [2.75, 3.05) is 33.1 Å². The number of anilines is 1. The van der Waals surface area contributed by atoms with E-state index in [1.165, 1.54) is 44.3 Å². The molecule has 29 heavy (non-hydrogen) atoms. The third kappa shape index (κ3) is 5.55. The van der Waals surface area contributed by atoms with Crippen LogP contribution in [0.4, 0.5) is 5.69 Å². The Morgan fingerprint density at radius 2 is 1.86 bits per heavy atom. The maximum atomic E-state index is 12.7. The minimum absolute atomic E-state index is 0.113. The summed E-state index contributed by atoms with van der Waals surface area (Å²) in [4.78, 5) is 26.1. The molecule has 0 aliphatic rings. The van der Waals surface area contributed by atoms with Crippen molar-refractivity contribution < 1.29 is 22.7 Å². The van der Waals surface area contributed by atoms with E-state index in [1.807, 2.05) is 13.0 Å². The number of nitrogens with zero attached hydrogens (tertiary/aromatic N) is 1. The summed E-state index contributed by atoms with van der Waals surface area (Å²) in [6, 6.07) is 9.50. The predicted molar refractivity (Wildman–Crippen MR) is 114 cm³/mol. The van der Waals surface area contributed by atoms with Gasteiger partial charge in [-0.2, -0.15) is 0 Å². The third-order valence-corrected chi connectivity index (χ3v) is 6.09. The number of hydrogen-bond acceptors (Lipinski definition) is 5. The van der Waals surface area contributed by atoms with Crippen LogP contribution in [-0.4, -0.2) is 52.9 Å². The molecule has 0 bridgehead atoms. The standard InChI is InChI=1S/C19H22BrN3O5S/c1-12-9-14(20)6-7-15(12)22-18(24)11-23(3)19(25)13-5-8-16(28-4)17(10-13)29(26,27)21-2/h5-10,21H,11H2,1-4H3,(H,22,24). The molecule has 156 valence electrons. The van der Waals surface area contributed by atoms with Gasteiger partial charge in [0.1, 0.15) is 10.6 Å². The highest BCUT2D eigenvalue weighted by atomic mass is 79.9. The zero-order chi connectivity index (χ0) is 21.8. The van der Waals surface area contributed by atoms with Gasteiger partial charge in [-0.05, 0) is 55.9 Å². The number of amides is 2. The van der Waals surface area contributed by atoms with Gasteiger partial charge in [-0.15, -0.1) is 0 Å². The second-order valence-electron chi connectivity index (χ2n) is 6.24. The molecule has 0 heterocycles. The lowest BCUT2D eigenvalue weighted by atomic mass is 10.2. The molecule has 2 rings (SSSR count). The van der Waals surface area contributed by atoms with Crippen LogP contribution in [0.5, 0.6) is 5.75 Å². The summed E-state index contributed by atoms with van der Waals surface area (Å²) in [5.74, 6) is -0.757. The van der Waals surface area contributed by atoms with Crippen molar-refractivity contribution in [1.29, 1.82) is 0 Å². The average molecular weight is 484 g/mol. The van der Waals surface area contributed by atoms with Gasteiger partial charge < -0.3 is 15.0 Å². The fourth-order valence-corrected chi connectivity index (χ4v) is 3.99. The quantitative estimate of drug-likeness (QED) is 0.628. The SMILES string of the molecule is CNS(=O)(=O)c1cc(C(=O)N(C)CC(=O)Nc2ccc(Br)cc2C)ccc1OC. The van der Waals surface area contributed by atoms with Gasteiger partial charge >= 0.3 is 0 Å². The molecule has 0 radical (unpaired) electrons. The summed E-state index contributed by atoms with van der Waals surface area (Å²) in [5, 5.41) is 2.76. The second kappa shape index (κ2) is 9.38. The lowest BCUT2D eigenvalue weighted by molar-refractivity contribution is -0.116. The maximum absolute atomic E-state index is 12.7. The Bertz CT molecular complexity index is 1040. The number of methoxy groups -OCH3 is 1. The van der Waals surface area contributed by atoms with E-state index in [4.69, 9.17) is 4.74 Å². The molecule has 2 aromatic rings. The van der Waals surface area contributed by atoms with Crippen molar-refractivity contribution >= 4 is 43.5 Å². The minimum atomic E-state index is -3.82. The van der Waals surface area contributed by atoms with Crippen molar-refractivity contribution in [2.45, 2.75) is 11.8 Å². The van der Waals surface area contributed by atoms with E-state index in [1.54, 1.807) is 12.1 Å². The highest BCUT2D eigenvalue weighted by Gasteiger charge is 2.22. The number of carbonyl (C=O) groups excluding carboxylic acids is 2. The molecular weight excluding hydrogens is 462 g/mol. The van der Waals surface area contributed by atoms with E-state index in [0.29, 0.717) is 5.69 Å². The van der Waals surface area contributed by atoms with E-state index >= 15 is 0 Å². The summed E-state index contributed by atoms with van der Waals surface area (Å²) in [7, 11) is 0.249. The molecule has 0 saturated heterocycles. The maximum Gasteiger partial charge on any atom is 0.254 e. The van der Waals surface area contributed by atoms with Gasteiger partial charge in [-0.25, -0.2) is 13.1 Å². The summed E-state index contributed by atoms with van der Waals surface area (Å²) >= 11 is 3.36. The molecule has 0 spiro atoms. The molecule has 0 aliphatic heterocycles. The van der Waals surface area contributed by atoms with Crippen LogP contribution in [-0.2, 0) is 14.8 Å². The fraction of sp³-hybridized carbons (Fsp3) is 0.263. The monoisotopic (exact) mass is 483 g/mol. The van der Waals surface area contributed by atoms with Gasteiger partial charge in [0.25, 0.3) is 5.91 Å². The Hall–Kier alpha value is -2.43. The Labute approximate surface area is 178 Å². The van der Waals surface area contributed by atoms with Gasteiger partial charge in [0.2, 0.25) is 15.9 Å². The summed E-state index contributed by atoms with van der Waals surface area (Å²) in [5.41, 5.74) is 1.64. The molecule has 2 N–H and O–H groups in total. The van der Waals surface area contributed by atoms with E-state index in [-0.39, 0.29) is 28.7 Å². The normalized spacial score (nSPS) is 11.1. The number of rotatable bonds is 7. The second-order valence-corrected chi connectivity index (χ2v) is 9.01. The van der Waals surface area contributed by atoms with Crippen LogP contribution >= 0.6 is 15.9 Å². The number of ether oxygens (including phenoxy) is 1. The van der Waals surface area contributed by atoms with E-state index < -0.39 is 15.9 Å². The summed E-state index contributed by atoms with van der Waals surface area (Å²) < 4.78 is 32.5. The molecule has 0 atom stereocenters. The first-order valence-electron chi connectivity index (χ1n) is 8.52. The Kier molecular flexibility index (Phi) is 7.39. The average Bonchev–Trinajstić information content (AvgIpc) is 2.68. The van der Waals surface area contributed by atoms with Crippen LogP contribution < -0.4 is 14.8 Å². The number of benzene rings is 2. The number of aryl methyl sites for hydroxylation is 1. The van der Waals surface area contributed by atoms with E-state index in [2.05, 4.69) is 26.0 Å². The Balaban J connectivity index is 2.17. The van der Waals surface area contributed by atoms with Crippen LogP contribution in [0.1, 0.15) is 15.9 Å². The van der Waals surface area contributed by atoms with Crippen LogP contribution in [0.3, 0.4) is 0 Å². The van der Waals surface area contributed by atoms with Crippen LogP contribution in [0.15, 0.2) is 45.8 Å². The zero-order valence-corrected chi connectivity index (χ0v) is 18.8. The van der Waals surface area contributed by atoms with Gasteiger partial charge in [0.15, 0.2) is 0 Å². The van der Waals surface area contributed by atoms with Crippen molar-refractivity contribution in [2.24, 2.45) is 0 Å². The molecule has 2 amide bonds. The molecule has 8 nitrogen and oxygen atoms in total. The Morgan fingerprint density at radius 3 is 2.45 bits per heavy atom.